The van der Waals surface area contributed by atoms with Crippen molar-refractivity contribution in [2.45, 2.75) is 13.0 Å². The van der Waals surface area contributed by atoms with Crippen LogP contribution in [0.2, 0.25) is 10.0 Å². The summed E-state index contributed by atoms with van der Waals surface area (Å²) in [6.45, 7) is 4.10. The van der Waals surface area contributed by atoms with E-state index < -0.39 is 5.91 Å². The largest absolute Gasteiger partial charge is 0.493 e. The van der Waals surface area contributed by atoms with Crippen LogP contribution in [0.5, 0.6) is 11.5 Å². The van der Waals surface area contributed by atoms with Crippen LogP contribution in [0.3, 0.4) is 0 Å². The van der Waals surface area contributed by atoms with Crippen LogP contribution < -0.4 is 14.9 Å². The standard InChI is InChI=1S/C27H21BrCl2N2O4/c1-3-4-18-9-17(11-24(34-2)26(18)35-15-16-5-7-21(29)22(30)10-16)14-31-32-27(33)25-13-19-12-20(28)6-8-23(19)36-25/h3,5-14H,1,4,15H2,2H3,(H,32,33)/b31-14+. The minimum Gasteiger partial charge on any atom is -0.493 e. The molecular formula is C27H21BrCl2N2O4. The number of hydrogen-bond acceptors (Lipinski definition) is 5. The van der Waals surface area contributed by atoms with Crippen LogP contribution in [0.1, 0.15) is 27.2 Å². The third-order valence-electron chi connectivity index (χ3n) is 5.19. The second-order valence-corrected chi connectivity index (χ2v) is 9.46. The van der Waals surface area contributed by atoms with E-state index in [1.807, 2.05) is 24.3 Å². The van der Waals surface area contributed by atoms with Crippen LogP contribution in [0.25, 0.3) is 11.0 Å². The second-order valence-electron chi connectivity index (χ2n) is 7.73. The molecule has 1 heterocycles. The molecule has 9 heteroatoms. The maximum absolute atomic E-state index is 12.5. The first-order valence-corrected chi connectivity index (χ1v) is 12.3. The average molecular weight is 588 g/mol. The van der Waals surface area contributed by atoms with Crippen LogP contribution in [-0.4, -0.2) is 19.2 Å². The molecule has 0 radical (unpaired) electrons. The van der Waals surface area contributed by atoms with E-state index in [-0.39, 0.29) is 12.4 Å². The van der Waals surface area contributed by atoms with Crippen molar-refractivity contribution in [2.24, 2.45) is 5.10 Å². The summed E-state index contributed by atoms with van der Waals surface area (Å²) in [6.07, 6.45) is 3.83. The third-order valence-corrected chi connectivity index (χ3v) is 6.42. The van der Waals surface area contributed by atoms with E-state index in [9.17, 15) is 4.79 Å². The molecule has 0 saturated carbocycles. The van der Waals surface area contributed by atoms with Gasteiger partial charge in [-0.2, -0.15) is 5.10 Å². The molecule has 4 aromatic rings. The fourth-order valence-corrected chi connectivity index (χ4v) is 4.21. The highest BCUT2D eigenvalue weighted by Crippen LogP contribution is 2.34. The van der Waals surface area contributed by atoms with E-state index in [0.29, 0.717) is 39.1 Å². The molecule has 3 aromatic carbocycles. The summed E-state index contributed by atoms with van der Waals surface area (Å²) in [4.78, 5) is 12.5. The molecule has 1 aromatic heterocycles. The molecular weight excluding hydrogens is 567 g/mol. The number of methoxy groups -OCH3 is 1. The van der Waals surface area contributed by atoms with Gasteiger partial charge in [-0.15, -0.1) is 6.58 Å². The normalized spacial score (nSPS) is 11.1. The molecule has 6 nitrogen and oxygen atoms in total. The van der Waals surface area contributed by atoms with Crippen molar-refractivity contribution in [3.8, 4) is 11.5 Å². The monoisotopic (exact) mass is 586 g/mol. The van der Waals surface area contributed by atoms with Crippen LogP contribution in [-0.2, 0) is 13.0 Å². The molecule has 0 aliphatic rings. The summed E-state index contributed by atoms with van der Waals surface area (Å²) in [5.41, 5.74) is 5.52. The number of halogens is 3. The average Bonchev–Trinajstić information content (AvgIpc) is 3.28. The molecule has 0 aliphatic heterocycles. The minimum absolute atomic E-state index is 0.163. The number of furan rings is 1. The zero-order valence-electron chi connectivity index (χ0n) is 19.2. The summed E-state index contributed by atoms with van der Waals surface area (Å²) in [5.74, 6) is 0.804. The van der Waals surface area contributed by atoms with Gasteiger partial charge in [0.15, 0.2) is 17.3 Å². The van der Waals surface area contributed by atoms with Crippen molar-refractivity contribution in [3.63, 3.8) is 0 Å². The fraction of sp³-hybridized carbons (Fsp3) is 0.111. The number of hydrogen-bond donors (Lipinski definition) is 1. The van der Waals surface area contributed by atoms with Crippen LogP contribution in [0.15, 0.2) is 81.2 Å². The molecule has 0 aliphatic carbocycles. The Morgan fingerprint density at radius 2 is 1.97 bits per heavy atom. The van der Waals surface area contributed by atoms with Crippen molar-refractivity contribution in [1.29, 1.82) is 0 Å². The zero-order valence-corrected chi connectivity index (χ0v) is 22.3. The zero-order chi connectivity index (χ0) is 25.7. The Labute approximate surface area is 226 Å². The highest BCUT2D eigenvalue weighted by molar-refractivity contribution is 9.10. The van der Waals surface area contributed by atoms with Gasteiger partial charge in [0.2, 0.25) is 0 Å². The predicted octanol–water partition coefficient (Wildman–Crippen LogP) is 7.58. The van der Waals surface area contributed by atoms with Crippen molar-refractivity contribution < 1.29 is 18.7 Å². The molecule has 1 N–H and O–H groups in total. The highest BCUT2D eigenvalue weighted by Gasteiger charge is 2.14. The lowest BCUT2D eigenvalue weighted by Crippen LogP contribution is -2.16. The molecule has 1 amide bonds. The Balaban J connectivity index is 1.50. The summed E-state index contributed by atoms with van der Waals surface area (Å²) in [7, 11) is 1.56. The topological polar surface area (TPSA) is 73.1 Å². The van der Waals surface area contributed by atoms with Crippen LogP contribution in [0, 0.1) is 0 Å². The van der Waals surface area contributed by atoms with Gasteiger partial charge in [-0.05, 0) is 66.1 Å². The van der Waals surface area contributed by atoms with Crippen molar-refractivity contribution in [2.75, 3.05) is 7.11 Å². The first kappa shape index (κ1) is 25.8. The lowest BCUT2D eigenvalue weighted by Gasteiger charge is -2.16. The van der Waals surface area contributed by atoms with Gasteiger partial charge in [0.25, 0.3) is 0 Å². The lowest BCUT2D eigenvalue weighted by atomic mass is 10.1. The Hall–Kier alpha value is -3.26. The van der Waals surface area contributed by atoms with Crippen molar-refractivity contribution >= 4 is 62.2 Å². The van der Waals surface area contributed by atoms with E-state index >= 15 is 0 Å². The Kier molecular flexibility index (Phi) is 8.36. The molecule has 0 atom stereocenters. The van der Waals surface area contributed by atoms with E-state index in [1.54, 1.807) is 43.5 Å². The number of benzene rings is 3. The number of fused-ring (bicyclic) bond motifs is 1. The van der Waals surface area contributed by atoms with Gasteiger partial charge in [0, 0.05) is 15.4 Å². The molecule has 0 unspecified atom stereocenters. The Morgan fingerprint density at radius 3 is 2.72 bits per heavy atom. The van der Waals surface area contributed by atoms with Gasteiger partial charge in [-0.3, -0.25) is 4.79 Å². The molecule has 184 valence electrons. The van der Waals surface area contributed by atoms with E-state index in [1.165, 1.54) is 6.21 Å². The van der Waals surface area contributed by atoms with Gasteiger partial charge < -0.3 is 13.9 Å². The maximum Gasteiger partial charge on any atom is 0.307 e. The number of hydrazone groups is 1. The SMILES string of the molecule is C=CCc1cc(/C=N/NC(=O)c2cc3cc(Br)ccc3o2)cc(OC)c1OCc1ccc(Cl)c(Cl)c1. The van der Waals surface area contributed by atoms with Gasteiger partial charge in [-0.25, -0.2) is 5.43 Å². The Bertz CT molecular complexity index is 1470. The first-order chi connectivity index (χ1) is 17.4. The lowest BCUT2D eigenvalue weighted by molar-refractivity contribution is 0.0929. The van der Waals surface area contributed by atoms with Crippen LogP contribution in [0.4, 0.5) is 0 Å². The number of carbonyl (C=O) groups is 1. The molecule has 0 spiro atoms. The maximum atomic E-state index is 12.5. The van der Waals surface area contributed by atoms with Gasteiger partial charge in [-0.1, -0.05) is 51.3 Å². The number of nitrogens with zero attached hydrogens (tertiary/aromatic N) is 1. The number of allylic oxidation sites excluding steroid dienone is 1. The molecule has 36 heavy (non-hydrogen) atoms. The Morgan fingerprint density at radius 1 is 1.14 bits per heavy atom. The number of nitrogens with one attached hydrogen (secondary N) is 1. The number of rotatable bonds is 9. The third kappa shape index (κ3) is 6.10. The van der Waals surface area contributed by atoms with Gasteiger partial charge in [0.1, 0.15) is 12.2 Å². The quantitative estimate of drug-likeness (QED) is 0.124. The van der Waals surface area contributed by atoms with E-state index in [2.05, 4.69) is 33.0 Å². The summed E-state index contributed by atoms with van der Waals surface area (Å²) in [5, 5.41) is 5.83. The highest BCUT2D eigenvalue weighted by atomic mass is 79.9. The van der Waals surface area contributed by atoms with Gasteiger partial charge in [0.05, 0.1) is 23.4 Å². The van der Waals surface area contributed by atoms with E-state index in [4.69, 9.17) is 37.1 Å². The predicted molar refractivity (Wildman–Crippen MR) is 147 cm³/mol. The van der Waals surface area contributed by atoms with Crippen molar-refractivity contribution in [3.05, 3.63) is 104 Å². The van der Waals surface area contributed by atoms with Crippen molar-refractivity contribution in [1.82, 2.24) is 5.43 Å². The number of amides is 1. The molecule has 0 saturated heterocycles. The summed E-state index contributed by atoms with van der Waals surface area (Å²) < 4.78 is 18.1. The number of carbonyl (C=O) groups excluding carboxylic acids is 1. The summed E-state index contributed by atoms with van der Waals surface area (Å²) >= 11 is 15.5. The molecule has 4 rings (SSSR count). The first-order valence-electron chi connectivity index (χ1n) is 10.8. The molecule has 0 bridgehead atoms. The van der Waals surface area contributed by atoms with Gasteiger partial charge >= 0.3 is 5.91 Å². The van der Waals surface area contributed by atoms with E-state index in [0.717, 1.165) is 21.0 Å². The fourth-order valence-electron chi connectivity index (χ4n) is 3.51. The molecule has 0 fully saturated rings. The smallest absolute Gasteiger partial charge is 0.307 e. The second kappa shape index (κ2) is 11.6. The number of ether oxygens (including phenoxy) is 2. The summed E-state index contributed by atoms with van der Waals surface area (Å²) in [6, 6.07) is 16.2. The minimum atomic E-state index is -0.460. The van der Waals surface area contributed by atoms with Crippen LogP contribution >= 0.6 is 39.1 Å².